The summed E-state index contributed by atoms with van der Waals surface area (Å²) in [6, 6.07) is 0.509. The van der Waals surface area contributed by atoms with Gasteiger partial charge in [-0.2, -0.15) is 13.2 Å². The van der Waals surface area contributed by atoms with Crippen LogP contribution >= 0.6 is 0 Å². The van der Waals surface area contributed by atoms with Gasteiger partial charge in [-0.25, -0.2) is 0 Å². The predicted molar refractivity (Wildman–Crippen MR) is 76.0 cm³/mol. The Labute approximate surface area is 123 Å². The molecule has 1 aromatic heterocycles. The first-order valence-corrected chi connectivity index (χ1v) is 7.22. The van der Waals surface area contributed by atoms with Crippen LogP contribution in [-0.2, 0) is 10.9 Å². The molecule has 0 aromatic carbocycles. The number of alkyl halides is 3. The molecule has 0 bridgehead atoms. The monoisotopic (exact) mass is 304 g/mol. The summed E-state index contributed by atoms with van der Waals surface area (Å²) in [4.78, 5) is 3.87. The highest BCUT2D eigenvalue weighted by molar-refractivity contribution is 5.30. The standard InChI is InChI=1S/C15H23F3N2O/c1-4-6-13(21-3)14(20-8-5-2)11-10-19-9-7-12(11)15(16,17)18/h7,9-10,13-14,20H,4-6,8H2,1-3H3. The lowest BCUT2D eigenvalue weighted by Gasteiger charge is -2.29. The van der Waals surface area contributed by atoms with Crippen molar-refractivity contribution < 1.29 is 17.9 Å². The van der Waals surface area contributed by atoms with Gasteiger partial charge in [-0.15, -0.1) is 0 Å². The minimum absolute atomic E-state index is 0.152. The number of pyridine rings is 1. The van der Waals surface area contributed by atoms with Crippen molar-refractivity contribution in [2.75, 3.05) is 13.7 Å². The van der Waals surface area contributed by atoms with Crippen LogP contribution in [0.5, 0.6) is 0 Å². The lowest BCUT2D eigenvalue weighted by atomic mass is 9.95. The van der Waals surface area contributed by atoms with E-state index in [1.165, 1.54) is 19.5 Å². The molecule has 2 atom stereocenters. The Morgan fingerprint density at radius 2 is 2.00 bits per heavy atom. The molecule has 0 amide bonds. The van der Waals surface area contributed by atoms with Gasteiger partial charge < -0.3 is 10.1 Å². The number of hydrogen-bond acceptors (Lipinski definition) is 3. The molecule has 0 aliphatic heterocycles. The van der Waals surface area contributed by atoms with E-state index >= 15 is 0 Å². The quantitative estimate of drug-likeness (QED) is 0.789. The van der Waals surface area contributed by atoms with E-state index in [9.17, 15) is 13.2 Å². The van der Waals surface area contributed by atoms with Gasteiger partial charge in [-0.3, -0.25) is 4.98 Å². The second kappa shape index (κ2) is 8.34. The van der Waals surface area contributed by atoms with E-state index in [0.29, 0.717) is 13.0 Å². The maximum absolute atomic E-state index is 13.2. The van der Waals surface area contributed by atoms with E-state index in [1.54, 1.807) is 0 Å². The van der Waals surface area contributed by atoms with E-state index in [4.69, 9.17) is 4.74 Å². The topological polar surface area (TPSA) is 34.2 Å². The first-order valence-electron chi connectivity index (χ1n) is 7.22. The van der Waals surface area contributed by atoms with Crippen LogP contribution in [0.1, 0.15) is 50.3 Å². The molecule has 2 unspecified atom stereocenters. The third kappa shape index (κ3) is 4.97. The van der Waals surface area contributed by atoms with Crippen LogP contribution in [0.4, 0.5) is 13.2 Å². The number of rotatable bonds is 8. The number of ether oxygens (including phenoxy) is 1. The highest BCUT2D eigenvalue weighted by Gasteiger charge is 2.37. The Hall–Kier alpha value is -1.14. The molecule has 6 heteroatoms. The van der Waals surface area contributed by atoms with Crippen molar-refractivity contribution in [3.8, 4) is 0 Å². The minimum atomic E-state index is -4.39. The smallest absolute Gasteiger partial charge is 0.379 e. The number of methoxy groups -OCH3 is 1. The Morgan fingerprint density at radius 1 is 1.29 bits per heavy atom. The van der Waals surface area contributed by atoms with Crippen molar-refractivity contribution >= 4 is 0 Å². The van der Waals surface area contributed by atoms with Crippen LogP contribution < -0.4 is 5.32 Å². The molecule has 0 spiro atoms. The Bertz CT molecular complexity index is 424. The third-order valence-corrected chi connectivity index (χ3v) is 3.35. The first kappa shape index (κ1) is 17.9. The molecule has 1 aromatic rings. The average molecular weight is 304 g/mol. The molecule has 1 N–H and O–H groups in total. The fourth-order valence-corrected chi connectivity index (χ4v) is 2.36. The van der Waals surface area contributed by atoms with Crippen molar-refractivity contribution in [2.45, 2.75) is 51.4 Å². The van der Waals surface area contributed by atoms with Crippen LogP contribution in [0, 0.1) is 0 Å². The van der Waals surface area contributed by atoms with Crippen molar-refractivity contribution in [1.29, 1.82) is 0 Å². The highest BCUT2D eigenvalue weighted by atomic mass is 19.4. The maximum Gasteiger partial charge on any atom is 0.416 e. The first-order chi connectivity index (χ1) is 9.95. The highest BCUT2D eigenvalue weighted by Crippen LogP contribution is 2.36. The molecule has 0 aliphatic rings. The van der Waals surface area contributed by atoms with Gasteiger partial charge in [0, 0.05) is 25.1 Å². The van der Waals surface area contributed by atoms with Crippen molar-refractivity contribution in [2.24, 2.45) is 0 Å². The molecule has 0 aliphatic carbocycles. The summed E-state index contributed by atoms with van der Waals surface area (Å²) in [6.45, 7) is 4.58. The third-order valence-electron chi connectivity index (χ3n) is 3.35. The summed E-state index contributed by atoms with van der Waals surface area (Å²) in [5, 5.41) is 3.17. The number of aromatic nitrogens is 1. The summed E-state index contributed by atoms with van der Waals surface area (Å²) >= 11 is 0. The van der Waals surface area contributed by atoms with Gasteiger partial charge >= 0.3 is 6.18 Å². The van der Waals surface area contributed by atoms with Crippen molar-refractivity contribution in [3.63, 3.8) is 0 Å². The number of nitrogens with zero attached hydrogens (tertiary/aromatic N) is 1. The van der Waals surface area contributed by atoms with Crippen LogP contribution in [0.15, 0.2) is 18.5 Å². The second-order valence-electron chi connectivity index (χ2n) is 4.96. The summed E-state index contributed by atoms with van der Waals surface area (Å²) in [5.74, 6) is 0. The van der Waals surface area contributed by atoms with E-state index < -0.39 is 17.8 Å². The summed E-state index contributed by atoms with van der Waals surface area (Å²) in [6.07, 6.45) is 0.110. The molecular weight excluding hydrogens is 281 g/mol. The number of nitrogens with one attached hydrogen (secondary N) is 1. The molecule has 0 fully saturated rings. The fourth-order valence-electron chi connectivity index (χ4n) is 2.36. The average Bonchev–Trinajstić information content (AvgIpc) is 2.45. The predicted octanol–water partition coefficient (Wildman–Crippen LogP) is 3.96. The van der Waals surface area contributed by atoms with E-state index in [0.717, 1.165) is 18.9 Å². The Morgan fingerprint density at radius 3 is 2.52 bits per heavy atom. The molecule has 3 nitrogen and oxygen atoms in total. The van der Waals surface area contributed by atoms with Crippen molar-refractivity contribution in [1.82, 2.24) is 10.3 Å². The van der Waals surface area contributed by atoms with E-state index in [2.05, 4.69) is 10.3 Å². The largest absolute Gasteiger partial charge is 0.416 e. The lowest BCUT2D eigenvalue weighted by molar-refractivity contribution is -0.138. The molecular formula is C15H23F3N2O. The zero-order valence-corrected chi connectivity index (χ0v) is 12.7. The van der Waals surface area contributed by atoms with Gasteiger partial charge in [0.15, 0.2) is 0 Å². The van der Waals surface area contributed by atoms with Crippen molar-refractivity contribution in [3.05, 3.63) is 29.6 Å². The SMILES string of the molecule is CCCNC(c1cnccc1C(F)(F)F)C(CCC)OC. The molecule has 0 saturated carbocycles. The molecule has 0 radical (unpaired) electrons. The maximum atomic E-state index is 13.2. The normalized spacial score (nSPS) is 15.0. The van der Waals surface area contributed by atoms with Crippen LogP contribution in [0.2, 0.25) is 0 Å². The summed E-state index contributed by atoms with van der Waals surface area (Å²) in [7, 11) is 1.53. The minimum Gasteiger partial charge on any atom is -0.379 e. The van der Waals surface area contributed by atoms with Gasteiger partial charge in [-0.05, 0) is 25.5 Å². The molecule has 1 heterocycles. The second-order valence-corrected chi connectivity index (χ2v) is 4.96. The molecule has 21 heavy (non-hydrogen) atoms. The van der Waals surface area contributed by atoms with Gasteiger partial charge in [0.2, 0.25) is 0 Å². The van der Waals surface area contributed by atoms with Crippen LogP contribution in [0.25, 0.3) is 0 Å². The van der Waals surface area contributed by atoms with Gasteiger partial charge in [0.25, 0.3) is 0 Å². The number of halogens is 3. The van der Waals surface area contributed by atoms with Gasteiger partial charge in [-0.1, -0.05) is 20.3 Å². The Kier molecular flexibility index (Phi) is 7.11. The Balaban J connectivity index is 3.19. The summed E-state index contributed by atoms with van der Waals surface area (Å²) < 4.78 is 45.0. The number of hydrogen-bond donors (Lipinski definition) is 1. The lowest BCUT2D eigenvalue weighted by Crippen LogP contribution is -2.35. The zero-order chi connectivity index (χ0) is 15.9. The van der Waals surface area contributed by atoms with E-state index in [-0.39, 0.29) is 11.7 Å². The van der Waals surface area contributed by atoms with Crippen LogP contribution in [-0.4, -0.2) is 24.7 Å². The summed E-state index contributed by atoms with van der Waals surface area (Å²) in [5.41, 5.74) is -0.497. The zero-order valence-electron chi connectivity index (χ0n) is 12.7. The van der Waals surface area contributed by atoms with Gasteiger partial charge in [0.05, 0.1) is 17.7 Å². The van der Waals surface area contributed by atoms with E-state index in [1.807, 2.05) is 13.8 Å². The van der Waals surface area contributed by atoms with Crippen LogP contribution in [0.3, 0.4) is 0 Å². The molecule has 120 valence electrons. The molecule has 0 saturated heterocycles. The fraction of sp³-hybridized carbons (Fsp3) is 0.667. The van der Waals surface area contributed by atoms with Gasteiger partial charge in [0.1, 0.15) is 0 Å². The molecule has 1 rings (SSSR count).